The maximum absolute atomic E-state index is 12.7. The molecule has 0 radical (unpaired) electrons. The van der Waals surface area contributed by atoms with E-state index in [1.54, 1.807) is 48.9 Å². The van der Waals surface area contributed by atoms with Crippen molar-refractivity contribution in [3.05, 3.63) is 66.2 Å². The molecular formula is C21H22N4O4. The standard InChI is InChI=1S/C21H22N4O4/c1-28-19-6-5-16(11-17(19)21(27)24-8-3-7-22)25-20(26)15-10-14(12-23-13-15)18-4-2-9-29-18/h2,4-6,9-13H,3,7-8,22H2,1H3,(H,24,27)(H,25,26). The molecule has 0 aliphatic rings. The molecule has 0 spiro atoms. The van der Waals surface area contributed by atoms with E-state index in [9.17, 15) is 9.59 Å². The van der Waals surface area contributed by atoms with Crippen LogP contribution < -0.4 is 21.1 Å². The summed E-state index contributed by atoms with van der Waals surface area (Å²) in [4.78, 5) is 29.2. The fraction of sp³-hybridized carbons (Fsp3) is 0.190. The SMILES string of the molecule is COc1ccc(NC(=O)c2cncc(-c3ccco3)c2)cc1C(=O)NCCCN. The average molecular weight is 394 g/mol. The van der Waals surface area contributed by atoms with E-state index in [-0.39, 0.29) is 11.8 Å². The van der Waals surface area contributed by atoms with Crippen LogP contribution in [-0.4, -0.2) is 37.0 Å². The Labute approximate surface area is 168 Å². The van der Waals surface area contributed by atoms with Gasteiger partial charge >= 0.3 is 0 Å². The molecule has 2 heterocycles. The van der Waals surface area contributed by atoms with Crippen LogP contribution in [-0.2, 0) is 0 Å². The molecule has 0 saturated heterocycles. The Hall–Kier alpha value is -3.65. The molecule has 4 N–H and O–H groups in total. The summed E-state index contributed by atoms with van der Waals surface area (Å²) in [5, 5.41) is 5.56. The summed E-state index contributed by atoms with van der Waals surface area (Å²) in [6.07, 6.45) is 5.31. The van der Waals surface area contributed by atoms with Gasteiger partial charge in [-0.25, -0.2) is 0 Å². The molecule has 0 aliphatic heterocycles. The molecule has 0 bridgehead atoms. The van der Waals surface area contributed by atoms with Gasteiger partial charge in [0.05, 0.1) is 24.5 Å². The molecule has 29 heavy (non-hydrogen) atoms. The van der Waals surface area contributed by atoms with Gasteiger partial charge in [-0.15, -0.1) is 0 Å². The zero-order valence-electron chi connectivity index (χ0n) is 16.0. The van der Waals surface area contributed by atoms with Crippen molar-refractivity contribution < 1.29 is 18.7 Å². The normalized spacial score (nSPS) is 10.4. The molecule has 2 aromatic heterocycles. The van der Waals surface area contributed by atoms with Gasteiger partial charge in [0.15, 0.2) is 0 Å². The molecule has 0 unspecified atom stereocenters. The van der Waals surface area contributed by atoms with E-state index in [4.69, 9.17) is 14.9 Å². The van der Waals surface area contributed by atoms with E-state index in [0.29, 0.717) is 53.4 Å². The minimum absolute atomic E-state index is 0.298. The summed E-state index contributed by atoms with van der Waals surface area (Å²) in [6.45, 7) is 0.943. The van der Waals surface area contributed by atoms with Crippen LogP contribution >= 0.6 is 0 Å². The lowest BCUT2D eigenvalue weighted by Crippen LogP contribution is -2.26. The first-order valence-corrected chi connectivity index (χ1v) is 9.09. The molecule has 0 atom stereocenters. The highest BCUT2D eigenvalue weighted by atomic mass is 16.5. The van der Waals surface area contributed by atoms with Gasteiger partial charge in [-0.05, 0) is 49.4 Å². The van der Waals surface area contributed by atoms with Crippen LogP contribution in [0.2, 0.25) is 0 Å². The van der Waals surface area contributed by atoms with Gasteiger partial charge in [-0.2, -0.15) is 0 Å². The number of benzene rings is 1. The van der Waals surface area contributed by atoms with Crippen LogP contribution in [0.4, 0.5) is 5.69 Å². The van der Waals surface area contributed by atoms with Gasteiger partial charge in [0, 0.05) is 30.2 Å². The number of nitrogens with zero attached hydrogens (tertiary/aromatic N) is 1. The summed E-state index contributed by atoms with van der Waals surface area (Å²) in [7, 11) is 1.48. The number of pyridine rings is 1. The number of aromatic nitrogens is 1. The quantitative estimate of drug-likeness (QED) is 0.505. The number of methoxy groups -OCH3 is 1. The number of nitrogens with two attached hydrogens (primary N) is 1. The maximum atomic E-state index is 12.7. The summed E-state index contributed by atoms with van der Waals surface area (Å²) >= 11 is 0. The topological polar surface area (TPSA) is 119 Å². The van der Waals surface area contributed by atoms with Crippen molar-refractivity contribution >= 4 is 17.5 Å². The Balaban J connectivity index is 1.77. The second-order valence-electron chi connectivity index (χ2n) is 6.21. The molecule has 8 heteroatoms. The number of rotatable bonds is 8. The highest BCUT2D eigenvalue weighted by molar-refractivity contribution is 6.06. The van der Waals surface area contributed by atoms with Gasteiger partial charge in [0.25, 0.3) is 11.8 Å². The van der Waals surface area contributed by atoms with Crippen molar-refractivity contribution in [3.63, 3.8) is 0 Å². The lowest BCUT2D eigenvalue weighted by Gasteiger charge is -2.12. The first-order chi connectivity index (χ1) is 14.1. The van der Waals surface area contributed by atoms with E-state index in [2.05, 4.69) is 15.6 Å². The number of carbonyl (C=O) groups is 2. The number of hydrogen-bond donors (Lipinski definition) is 3. The highest BCUT2D eigenvalue weighted by Gasteiger charge is 2.15. The van der Waals surface area contributed by atoms with Crippen LogP contribution in [0.1, 0.15) is 27.1 Å². The zero-order valence-corrected chi connectivity index (χ0v) is 16.0. The smallest absolute Gasteiger partial charge is 0.257 e. The van der Waals surface area contributed by atoms with E-state index >= 15 is 0 Å². The van der Waals surface area contributed by atoms with Crippen LogP contribution in [0, 0.1) is 0 Å². The molecule has 150 valence electrons. The van der Waals surface area contributed by atoms with Gasteiger partial charge in [0.2, 0.25) is 0 Å². The third kappa shape index (κ3) is 4.99. The Morgan fingerprint density at radius 3 is 2.76 bits per heavy atom. The number of amides is 2. The van der Waals surface area contributed by atoms with E-state index in [1.165, 1.54) is 13.3 Å². The van der Waals surface area contributed by atoms with Crippen molar-refractivity contribution in [1.29, 1.82) is 0 Å². The molecule has 3 aromatic rings. The number of anilines is 1. The molecule has 8 nitrogen and oxygen atoms in total. The number of nitrogens with one attached hydrogen (secondary N) is 2. The van der Waals surface area contributed by atoms with Crippen LogP contribution in [0.5, 0.6) is 5.75 Å². The Kier molecular flexibility index (Phi) is 6.59. The largest absolute Gasteiger partial charge is 0.496 e. The molecular weight excluding hydrogens is 372 g/mol. The molecule has 0 saturated carbocycles. The van der Waals surface area contributed by atoms with E-state index in [1.807, 2.05) is 0 Å². The monoisotopic (exact) mass is 394 g/mol. The fourth-order valence-electron chi connectivity index (χ4n) is 2.71. The number of furan rings is 1. The average Bonchev–Trinajstić information content (AvgIpc) is 3.29. The van der Waals surface area contributed by atoms with Crippen molar-refractivity contribution in [2.75, 3.05) is 25.5 Å². The van der Waals surface area contributed by atoms with E-state index < -0.39 is 0 Å². The summed E-state index contributed by atoms with van der Waals surface area (Å²) in [5.74, 6) is 0.376. The van der Waals surface area contributed by atoms with Gasteiger partial charge in [0.1, 0.15) is 11.5 Å². The number of hydrogen-bond acceptors (Lipinski definition) is 6. The first kappa shape index (κ1) is 20.1. The third-order valence-corrected chi connectivity index (χ3v) is 4.17. The third-order valence-electron chi connectivity index (χ3n) is 4.17. The van der Waals surface area contributed by atoms with Gasteiger partial charge in [-0.1, -0.05) is 0 Å². The Morgan fingerprint density at radius 2 is 2.03 bits per heavy atom. The van der Waals surface area contributed by atoms with Crippen molar-refractivity contribution in [1.82, 2.24) is 10.3 Å². The Morgan fingerprint density at radius 1 is 1.17 bits per heavy atom. The minimum Gasteiger partial charge on any atom is -0.496 e. The minimum atomic E-state index is -0.356. The first-order valence-electron chi connectivity index (χ1n) is 9.09. The molecule has 1 aromatic carbocycles. The molecule has 2 amide bonds. The summed E-state index contributed by atoms with van der Waals surface area (Å²) < 4.78 is 10.6. The van der Waals surface area contributed by atoms with Gasteiger partial charge in [-0.3, -0.25) is 14.6 Å². The second-order valence-corrected chi connectivity index (χ2v) is 6.21. The van der Waals surface area contributed by atoms with E-state index in [0.717, 1.165) is 0 Å². The highest BCUT2D eigenvalue weighted by Crippen LogP contribution is 2.24. The van der Waals surface area contributed by atoms with Crippen LogP contribution in [0.25, 0.3) is 11.3 Å². The Bertz CT molecular complexity index is 986. The van der Waals surface area contributed by atoms with Crippen molar-refractivity contribution in [2.45, 2.75) is 6.42 Å². The molecule has 3 rings (SSSR count). The van der Waals surface area contributed by atoms with Crippen LogP contribution in [0.15, 0.2) is 59.5 Å². The molecule has 0 aliphatic carbocycles. The maximum Gasteiger partial charge on any atom is 0.257 e. The van der Waals surface area contributed by atoms with Gasteiger partial charge < -0.3 is 25.5 Å². The summed E-state index contributed by atoms with van der Waals surface area (Å²) in [5.41, 5.74) is 7.29. The number of carbonyl (C=O) groups excluding carboxylic acids is 2. The summed E-state index contributed by atoms with van der Waals surface area (Å²) in [6, 6.07) is 10.1. The predicted octanol–water partition coefficient (Wildman–Crippen LogP) is 2.68. The zero-order chi connectivity index (χ0) is 20.6. The van der Waals surface area contributed by atoms with Crippen molar-refractivity contribution in [2.24, 2.45) is 5.73 Å². The molecule has 0 fully saturated rings. The van der Waals surface area contributed by atoms with Crippen LogP contribution in [0.3, 0.4) is 0 Å². The van der Waals surface area contributed by atoms with Crippen molar-refractivity contribution in [3.8, 4) is 17.1 Å². The number of ether oxygens (including phenoxy) is 1. The predicted molar refractivity (Wildman–Crippen MR) is 109 cm³/mol. The lowest BCUT2D eigenvalue weighted by atomic mass is 10.1. The lowest BCUT2D eigenvalue weighted by molar-refractivity contribution is 0.0949. The fourth-order valence-corrected chi connectivity index (χ4v) is 2.71. The second kappa shape index (κ2) is 9.52.